The van der Waals surface area contributed by atoms with Gasteiger partial charge in [0.15, 0.2) is 0 Å². The van der Waals surface area contributed by atoms with E-state index in [1.807, 2.05) is 0 Å². The fourth-order valence-electron chi connectivity index (χ4n) is 1.27. The Balaban J connectivity index is 3.25. The standard InChI is InChI=1S/C10H10BrClF2O2/c1-15-6-4-3-5(7(11)10(13)14)9(16-2)8(6)12/h3-4,7,10H,1-2H3. The van der Waals surface area contributed by atoms with E-state index in [1.165, 1.54) is 26.4 Å². The van der Waals surface area contributed by atoms with Gasteiger partial charge in [-0.3, -0.25) is 0 Å². The van der Waals surface area contributed by atoms with E-state index < -0.39 is 11.3 Å². The van der Waals surface area contributed by atoms with Gasteiger partial charge in [0.1, 0.15) is 21.3 Å². The summed E-state index contributed by atoms with van der Waals surface area (Å²) in [6, 6.07) is 3.02. The first-order chi connectivity index (χ1) is 7.52. The zero-order valence-electron chi connectivity index (χ0n) is 8.64. The van der Waals surface area contributed by atoms with Gasteiger partial charge in [0.05, 0.1) is 14.2 Å². The van der Waals surface area contributed by atoms with Crippen molar-refractivity contribution in [2.24, 2.45) is 0 Å². The van der Waals surface area contributed by atoms with Crippen molar-refractivity contribution in [1.29, 1.82) is 0 Å². The van der Waals surface area contributed by atoms with Crippen LogP contribution in [0, 0.1) is 0 Å². The van der Waals surface area contributed by atoms with E-state index in [9.17, 15) is 8.78 Å². The fraction of sp³-hybridized carbons (Fsp3) is 0.400. The number of halogens is 4. The van der Waals surface area contributed by atoms with Crippen molar-refractivity contribution in [3.05, 3.63) is 22.7 Å². The van der Waals surface area contributed by atoms with E-state index >= 15 is 0 Å². The largest absolute Gasteiger partial charge is 0.495 e. The van der Waals surface area contributed by atoms with Crippen LogP contribution >= 0.6 is 27.5 Å². The molecule has 0 N–H and O–H groups in total. The molecule has 6 heteroatoms. The molecular formula is C10H10BrClF2O2. The maximum absolute atomic E-state index is 12.6. The molecule has 0 saturated heterocycles. The monoisotopic (exact) mass is 314 g/mol. The smallest absolute Gasteiger partial charge is 0.255 e. The van der Waals surface area contributed by atoms with Gasteiger partial charge in [-0.2, -0.15) is 0 Å². The zero-order valence-corrected chi connectivity index (χ0v) is 11.0. The number of hydrogen-bond donors (Lipinski definition) is 0. The first-order valence-electron chi connectivity index (χ1n) is 4.35. The predicted molar refractivity (Wildman–Crippen MR) is 62.2 cm³/mol. The lowest BCUT2D eigenvalue weighted by Gasteiger charge is -2.16. The van der Waals surface area contributed by atoms with E-state index in [4.69, 9.17) is 21.1 Å². The molecule has 1 atom stereocenters. The highest BCUT2D eigenvalue weighted by molar-refractivity contribution is 9.09. The molecule has 2 nitrogen and oxygen atoms in total. The van der Waals surface area contributed by atoms with Crippen molar-refractivity contribution in [3.63, 3.8) is 0 Å². The summed E-state index contributed by atoms with van der Waals surface area (Å²) in [4.78, 5) is -1.12. The Bertz CT molecular complexity index is 374. The molecule has 0 heterocycles. The van der Waals surface area contributed by atoms with Crippen molar-refractivity contribution in [1.82, 2.24) is 0 Å². The van der Waals surface area contributed by atoms with Gasteiger partial charge in [-0.1, -0.05) is 33.6 Å². The Hall–Kier alpha value is -0.550. The van der Waals surface area contributed by atoms with Gasteiger partial charge >= 0.3 is 0 Å². The second kappa shape index (κ2) is 5.68. The molecule has 90 valence electrons. The SMILES string of the molecule is COc1ccc(C(Br)C(F)F)c(OC)c1Cl. The summed E-state index contributed by atoms with van der Waals surface area (Å²) in [7, 11) is 2.81. The molecule has 1 unspecified atom stereocenters. The van der Waals surface area contributed by atoms with Crippen LogP contribution in [0.5, 0.6) is 11.5 Å². The summed E-state index contributed by atoms with van der Waals surface area (Å²) in [6.07, 6.45) is -2.54. The van der Waals surface area contributed by atoms with E-state index in [-0.39, 0.29) is 10.8 Å². The van der Waals surface area contributed by atoms with Gasteiger partial charge in [0.25, 0.3) is 6.43 Å². The van der Waals surface area contributed by atoms with Crippen LogP contribution in [-0.2, 0) is 0 Å². The average molecular weight is 316 g/mol. The molecule has 0 spiro atoms. The van der Waals surface area contributed by atoms with Crippen LogP contribution < -0.4 is 9.47 Å². The van der Waals surface area contributed by atoms with Crippen LogP contribution in [0.15, 0.2) is 12.1 Å². The molecule has 0 saturated carbocycles. The van der Waals surface area contributed by atoms with Gasteiger partial charge in [-0.05, 0) is 6.07 Å². The minimum absolute atomic E-state index is 0.188. The van der Waals surface area contributed by atoms with Crippen molar-refractivity contribution in [3.8, 4) is 11.5 Å². The van der Waals surface area contributed by atoms with Crippen LogP contribution in [0.4, 0.5) is 8.78 Å². The van der Waals surface area contributed by atoms with E-state index in [0.717, 1.165) is 0 Å². The van der Waals surface area contributed by atoms with Crippen LogP contribution in [0.3, 0.4) is 0 Å². The highest BCUT2D eigenvalue weighted by Gasteiger charge is 2.25. The fourth-order valence-corrected chi connectivity index (χ4v) is 1.96. The first kappa shape index (κ1) is 13.5. The summed E-state index contributed by atoms with van der Waals surface area (Å²) in [5.41, 5.74) is 0.295. The lowest BCUT2D eigenvalue weighted by atomic mass is 10.1. The second-order valence-corrected chi connectivity index (χ2v) is 4.30. The van der Waals surface area contributed by atoms with Crippen molar-refractivity contribution in [2.45, 2.75) is 11.3 Å². The minimum atomic E-state index is -2.54. The summed E-state index contributed by atoms with van der Waals surface area (Å²) in [5, 5.41) is 0.188. The Kier molecular flexibility index (Phi) is 4.80. The molecule has 0 fully saturated rings. The maximum atomic E-state index is 12.6. The number of ether oxygens (including phenoxy) is 2. The van der Waals surface area contributed by atoms with E-state index in [1.54, 1.807) is 0 Å². The third-order valence-corrected chi connectivity index (χ3v) is 3.29. The third kappa shape index (κ3) is 2.58. The van der Waals surface area contributed by atoms with E-state index in [0.29, 0.717) is 11.3 Å². The molecule has 1 rings (SSSR count). The first-order valence-corrected chi connectivity index (χ1v) is 5.64. The molecule has 1 aromatic carbocycles. The molecule has 0 aliphatic rings. The third-order valence-electron chi connectivity index (χ3n) is 2.03. The molecule has 16 heavy (non-hydrogen) atoms. The molecular weight excluding hydrogens is 305 g/mol. The van der Waals surface area contributed by atoms with Crippen LogP contribution in [0.1, 0.15) is 10.4 Å². The molecule has 0 radical (unpaired) electrons. The van der Waals surface area contributed by atoms with Crippen LogP contribution in [0.2, 0.25) is 5.02 Å². The zero-order chi connectivity index (χ0) is 12.3. The normalized spacial score (nSPS) is 12.7. The summed E-state index contributed by atoms with van der Waals surface area (Å²) >= 11 is 8.84. The Morgan fingerprint density at radius 3 is 2.31 bits per heavy atom. The van der Waals surface area contributed by atoms with Gasteiger partial charge in [-0.15, -0.1) is 0 Å². The number of alkyl halides is 3. The predicted octanol–water partition coefficient (Wildman–Crippen LogP) is 4.06. The van der Waals surface area contributed by atoms with Crippen LogP contribution in [0.25, 0.3) is 0 Å². The molecule has 0 aliphatic carbocycles. The summed E-state index contributed by atoms with van der Waals surface area (Å²) in [5.74, 6) is 0.583. The van der Waals surface area contributed by atoms with Crippen molar-refractivity contribution in [2.75, 3.05) is 14.2 Å². The van der Waals surface area contributed by atoms with Crippen LogP contribution in [-0.4, -0.2) is 20.6 Å². The second-order valence-electron chi connectivity index (χ2n) is 2.94. The molecule has 0 aromatic heterocycles. The van der Waals surface area contributed by atoms with Gasteiger partial charge in [0.2, 0.25) is 0 Å². The maximum Gasteiger partial charge on any atom is 0.255 e. The van der Waals surface area contributed by atoms with Gasteiger partial charge < -0.3 is 9.47 Å². The van der Waals surface area contributed by atoms with Gasteiger partial charge in [-0.25, -0.2) is 8.78 Å². The number of rotatable bonds is 4. The molecule has 1 aromatic rings. The topological polar surface area (TPSA) is 18.5 Å². The van der Waals surface area contributed by atoms with Crippen molar-refractivity contribution < 1.29 is 18.3 Å². The highest BCUT2D eigenvalue weighted by Crippen LogP contribution is 2.43. The molecule has 0 bridgehead atoms. The minimum Gasteiger partial charge on any atom is -0.495 e. The average Bonchev–Trinajstić information content (AvgIpc) is 2.27. The summed E-state index contributed by atoms with van der Waals surface area (Å²) < 4.78 is 35.1. The lowest BCUT2D eigenvalue weighted by Crippen LogP contribution is -2.04. The molecule has 0 amide bonds. The lowest BCUT2D eigenvalue weighted by molar-refractivity contribution is 0.146. The highest BCUT2D eigenvalue weighted by atomic mass is 79.9. The summed E-state index contributed by atoms with van der Waals surface area (Å²) in [6.45, 7) is 0. The van der Waals surface area contributed by atoms with E-state index in [2.05, 4.69) is 15.9 Å². The Labute approximate surface area is 106 Å². The quantitative estimate of drug-likeness (QED) is 0.780. The number of methoxy groups -OCH3 is 2. The van der Waals surface area contributed by atoms with Crippen molar-refractivity contribution >= 4 is 27.5 Å². The Morgan fingerprint density at radius 1 is 1.25 bits per heavy atom. The number of benzene rings is 1. The van der Waals surface area contributed by atoms with Gasteiger partial charge in [0, 0.05) is 5.56 Å². The Morgan fingerprint density at radius 2 is 1.88 bits per heavy atom. The number of hydrogen-bond acceptors (Lipinski definition) is 2. The molecule has 0 aliphatic heterocycles.